The number of rotatable bonds is 8. The van der Waals surface area contributed by atoms with Gasteiger partial charge >= 0.3 is 0 Å². The molecule has 9 aromatic carbocycles. The fraction of sp³-hybridized carbons (Fsp3) is 0.200. The number of pyridine rings is 1. The third kappa shape index (κ3) is 8.85. The quantitative estimate of drug-likeness (QED) is 0.154. The molecular formula is C75H71N5OSi. The topological polar surface area (TPSA) is 60.8 Å². The van der Waals surface area contributed by atoms with Gasteiger partial charge in [0.05, 0.1) is 58.1 Å². The lowest BCUT2D eigenvalue weighted by molar-refractivity contribution is 0.446. The van der Waals surface area contributed by atoms with E-state index in [9.17, 15) is 5.11 Å². The van der Waals surface area contributed by atoms with Gasteiger partial charge in [0.2, 0.25) is 0 Å². The molecular weight excluding hydrogens is 1010 g/mol. The van der Waals surface area contributed by atoms with E-state index in [4.69, 9.17) is 9.97 Å². The van der Waals surface area contributed by atoms with Gasteiger partial charge in [-0.05, 0) is 117 Å². The number of nitrogens with zero attached hydrogens (tertiary/aromatic N) is 5. The van der Waals surface area contributed by atoms with Crippen LogP contribution in [0.4, 0.5) is 0 Å². The number of phenols is 1. The van der Waals surface area contributed by atoms with E-state index in [1.165, 1.54) is 32.6 Å². The van der Waals surface area contributed by atoms with Gasteiger partial charge in [0.25, 0.3) is 0 Å². The summed E-state index contributed by atoms with van der Waals surface area (Å²) in [6, 6.07) is 73.1. The Kier molecular flexibility index (Phi) is 12.3. The van der Waals surface area contributed by atoms with Crippen molar-refractivity contribution in [3.05, 3.63) is 223 Å². The van der Waals surface area contributed by atoms with Gasteiger partial charge in [0.1, 0.15) is 11.6 Å². The highest BCUT2D eigenvalue weighted by Gasteiger charge is 2.31. The second kappa shape index (κ2) is 19.2. The molecule has 0 aliphatic rings. The lowest BCUT2D eigenvalue weighted by Gasteiger charge is -2.28. The summed E-state index contributed by atoms with van der Waals surface area (Å²) >= 11 is 0. The van der Waals surface area contributed by atoms with Crippen LogP contribution in [-0.4, -0.2) is 36.8 Å². The normalized spacial score (nSPS) is 12.7. The first-order valence-corrected chi connectivity index (χ1v) is 32.4. The third-order valence-corrected chi connectivity index (χ3v) is 18.9. The van der Waals surface area contributed by atoms with Crippen LogP contribution in [0.3, 0.4) is 0 Å². The molecule has 0 bridgehead atoms. The summed E-state index contributed by atoms with van der Waals surface area (Å²) in [7, 11) is -1.76. The molecule has 0 radical (unpaired) electrons. The van der Waals surface area contributed by atoms with Crippen molar-refractivity contribution in [2.75, 3.05) is 0 Å². The van der Waals surface area contributed by atoms with E-state index in [0.29, 0.717) is 11.4 Å². The smallest absolute Gasteiger partial charge is 0.149 e. The van der Waals surface area contributed by atoms with Crippen LogP contribution < -0.4 is 5.19 Å². The number of fused-ring (bicyclic) bond motifs is 7. The molecule has 6 nitrogen and oxygen atoms in total. The standard InChI is InChI=1S/C75H71N5OSi/c1-73(2,3)50-42-48(41-49(43-50)69-68-58-27-18-21-31-64(58)79(66(68)39-40-76-69)53-35-33-52(34-36-53)78-62-29-19-16-25-56(62)57-26-17-20-30-63(57)78)55-28-22-32-67-70(55)77-72(60-44-51(74(4,5)6)45-61(71(60)81)75(7,8)9)80(67)65-38-37-54(82(10,11)12)46-59(65)47-23-14-13-15-24-47/h13-46,81H,1-12H3. The SMILES string of the molecule is CC(C)(C)c1cc(-c2cccc3c2nc(-c2cc(C(C)(C)C)cc(C(C)(C)C)c2O)n3-c2ccc([Si](C)(C)C)cc2-c2ccccc2)cc(-c2nccc3c2c2ccccc2n3-c2ccc(-n3c4ccccc4c4ccccc43)cc2)c1. The molecule has 406 valence electrons. The minimum Gasteiger partial charge on any atom is -0.507 e. The molecule has 0 amide bonds. The number of hydrogen-bond acceptors (Lipinski definition) is 3. The van der Waals surface area contributed by atoms with Crippen LogP contribution in [0.2, 0.25) is 19.6 Å². The van der Waals surface area contributed by atoms with Gasteiger partial charge in [-0.2, -0.15) is 0 Å². The zero-order valence-electron chi connectivity index (χ0n) is 49.3. The van der Waals surface area contributed by atoms with E-state index in [-0.39, 0.29) is 22.0 Å². The van der Waals surface area contributed by atoms with Gasteiger partial charge in [-0.15, -0.1) is 0 Å². The van der Waals surface area contributed by atoms with Crippen molar-refractivity contribution in [2.24, 2.45) is 0 Å². The number of benzene rings is 9. The molecule has 0 fully saturated rings. The summed E-state index contributed by atoms with van der Waals surface area (Å²) in [6.07, 6.45) is 1.97. The molecule has 0 atom stereocenters. The van der Waals surface area contributed by atoms with E-state index in [2.05, 4.69) is 296 Å². The summed E-state index contributed by atoms with van der Waals surface area (Å²) in [6.45, 7) is 27.4. The van der Waals surface area contributed by atoms with E-state index >= 15 is 0 Å². The fourth-order valence-electron chi connectivity index (χ4n) is 12.3. The van der Waals surface area contributed by atoms with Crippen LogP contribution in [0.25, 0.3) is 117 Å². The summed E-state index contributed by atoms with van der Waals surface area (Å²) in [5, 5.41) is 18.9. The molecule has 0 spiro atoms. The van der Waals surface area contributed by atoms with Crippen LogP contribution in [0.15, 0.2) is 206 Å². The minimum absolute atomic E-state index is 0.204. The molecule has 0 saturated carbocycles. The Morgan fingerprint density at radius 2 is 0.963 bits per heavy atom. The Morgan fingerprint density at radius 3 is 1.57 bits per heavy atom. The van der Waals surface area contributed by atoms with Gasteiger partial charge in [0.15, 0.2) is 0 Å². The molecule has 13 aromatic rings. The molecule has 4 aromatic heterocycles. The summed E-state index contributed by atoms with van der Waals surface area (Å²) in [4.78, 5) is 11.1. The number of hydrogen-bond donors (Lipinski definition) is 1. The second-order valence-corrected chi connectivity index (χ2v) is 31.6. The monoisotopic (exact) mass is 1090 g/mol. The minimum atomic E-state index is -1.76. The van der Waals surface area contributed by atoms with Crippen LogP contribution >= 0.6 is 0 Å². The molecule has 82 heavy (non-hydrogen) atoms. The van der Waals surface area contributed by atoms with Crippen LogP contribution in [-0.2, 0) is 16.2 Å². The number of aromatic nitrogens is 5. The maximum atomic E-state index is 12.8. The zero-order chi connectivity index (χ0) is 57.2. The Bertz CT molecular complexity index is 4610. The van der Waals surface area contributed by atoms with Gasteiger partial charge in [0, 0.05) is 61.4 Å². The van der Waals surface area contributed by atoms with E-state index in [1.54, 1.807) is 0 Å². The van der Waals surface area contributed by atoms with Gasteiger partial charge in [-0.1, -0.05) is 208 Å². The Balaban J connectivity index is 1.04. The molecule has 4 heterocycles. The van der Waals surface area contributed by atoms with Crippen molar-refractivity contribution in [1.82, 2.24) is 23.7 Å². The Morgan fingerprint density at radius 1 is 0.415 bits per heavy atom. The number of phenolic OH excluding ortho intramolecular Hbond substituents is 1. The lowest BCUT2D eigenvalue weighted by Crippen LogP contribution is -2.37. The van der Waals surface area contributed by atoms with Gasteiger partial charge in [-0.3, -0.25) is 9.55 Å². The number of aromatic hydroxyl groups is 1. The van der Waals surface area contributed by atoms with Crippen LogP contribution in [0, 0.1) is 0 Å². The molecule has 0 saturated heterocycles. The summed E-state index contributed by atoms with van der Waals surface area (Å²) in [5.74, 6) is 0.956. The maximum absolute atomic E-state index is 12.8. The summed E-state index contributed by atoms with van der Waals surface area (Å²) in [5.41, 5.74) is 19.1. The zero-order valence-corrected chi connectivity index (χ0v) is 50.3. The van der Waals surface area contributed by atoms with E-state index < -0.39 is 8.07 Å². The third-order valence-electron chi connectivity index (χ3n) is 16.8. The average Bonchev–Trinajstić information content (AvgIpc) is 2.69. The Labute approximate surface area is 483 Å². The molecule has 1 N–H and O–H groups in total. The predicted molar refractivity (Wildman–Crippen MR) is 350 cm³/mol. The largest absolute Gasteiger partial charge is 0.507 e. The molecule has 0 aliphatic heterocycles. The van der Waals surface area contributed by atoms with Gasteiger partial charge < -0.3 is 14.2 Å². The van der Waals surface area contributed by atoms with Crippen molar-refractivity contribution in [3.63, 3.8) is 0 Å². The average molecular weight is 1090 g/mol. The van der Waals surface area contributed by atoms with Crippen molar-refractivity contribution in [3.8, 4) is 67.7 Å². The maximum Gasteiger partial charge on any atom is 0.149 e. The number of imidazole rings is 1. The van der Waals surface area contributed by atoms with Crippen molar-refractivity contribution in [2.45, 2.75) is 98.2 Å². The van der Waals surface area contributed by atoms with Gasteiger partial charge in [-0.25, -0.2) is 4.98 Å². The molecule has 13 rings (SSSR count). The van der Waals surface area contributed by atoms with E-state index in [0.717, 1.165) is 94.5 Å². The Hall–Kier alpha value is -8.78. The van der Waals surface area contributed by atoms with Crippen molar-refractivity contribution in [1.29, 1.82) is 0 Å². The first-order valence-electron chi connectivity index (χ1n) is 28.9. The molecule has 0 aliphatic carbocycles. The first kappa shape index (κ1) is 52.6. The second-order valence-electron chi connectivity index (χ2n) is 26.6. The predicted octanol–water partition coefficient (Wildman–Crippen LogP) is 19.4. The lowest BCUT2D eigenvalue weighted by atomic mass is 9.79. The molecule has 0 unspecified atom stereocenters. The van der Waals surface area contributed by atoms with E-state index in [1.807, 2.05) is 6.20 Å². The van der Waals surface area contributed by atoms with Crippen LogP contribution in [0.1, 0.15) is 79.0 Å². The molecule has 7 heteroatoms. The van der Waals surface area contributed by atoms with Crippen LogP contribution in [0.5, 0.6) is 5.75 Å². The first-order chi connectivity index (χ1) is 39.1. The highest BCUT2D eigenvalue weighted by Crippen LogP contribution is 2.47. The highest BCUT2D eigenvalue weighted by atomic mass is 28.3. The van der Waals surface area contributed by atoms with Crippen molar-refractivity contribution >= 4 is 67.9 Å². The number of para-hydroxylation sites is 4. The summed E-state index contributed by atoms with van der Waals surface area (Å²) < 4.78 is 7.09. The highest BCUT2D eigenvalue weighted by molar-refractivity contribution is 6.88. The fourth-order valence-corrected chi connectivity index (χ4v) is 13.5. The van der Waals surface area contributed by atoms with Crippen molar-refractivity contribution < 1.29 is 5.11 Å².